The summed E-state index contributed by atoms with van der Waals surface area (Å²) in [6.07, 6.45) is 4.81. The smallest absolute Gasteiger partial charge is 0.338 e. The van der Waals surface area contributed by atoms with E-state index in [0.29, 0.717) is 23.9 Å². The van der Waals surface area contributed by atoms with Crippen molar-refractivity contribution in [2.75, 3.05) is 23.8 Å². The van der Waals surface area contributed by atoms with E-state index in [2.05, 4.69) is 11.8 Å². The number of hydrogen-bond acceptors (Lipinski definition) is 4. The third-order valence-electron chi connectivity index (χ3n) is 3.59. The Balaban J connectivity index is 2.16. The van der Waals surface area contributed by atoms with Crippen molar-refractivity contribution in [3.8, 4) is 0 Å². The number of carbonyl (C=O) groups is 1. The molecule has 0 unspecified atom stereocenters. The molecule has 4 heteroatoms. The van der Waals surface area contributed by atoms with Crippen LogP contribution in [0.4, 0.5) is 11.4 Å². The van der Waals surface area contributed by atoms with Crippen LogP contribution in [0.3, 0.4) is 0 Å². The molecule has 1 aliphatic rings. The Morgan fingerprint density at radius 1 is 1.40 bits per heavy atom. The molecule has 0 radical (unpaired) electrons. The minimum absolute atomic E-state index is 0.308. The van der Waals surface area contributed by atoms with Gasteiger partial charge in [-0.3, -0.25) is 0 Å². The van der Waals surface area contributed by atoms with E-state index in [4.69, 9.17) is 10.5 Å². The number of anilines is 2. The average molecular weight is 276 g/mol. The zero-order valence-corrected chi connectivity index (χ0v) is 12.4. The largest absolute Gasteiger partial charge is 0.462 e. The molecule has 110 valence electrons. The molecule has 1 aliphatic carbocycles. The van der Waals surface area contributed by atoms with Crippen LogP contribution in [0.2, 0.25) is 0 Å². The van der Waals surface area contributed by atoms with Gasteiger partial charge in [-0.25, -0.2) is 4.79 Å². The fourth-order valence-electron chi connectivity index (χ4n) is 2.37. The zero-order chi connectivity index (χ0) is 14.5. The highest BCUT2D eigenvalue weighted by Crippen LogP contribution is 2.35. The van der Waals surface area contributed by atoms with Gasteiger partial charge < -0.3 is 15.4 Å². The van der Waals surface area contributed by atoms with Gasteiger partial charge in [-0.05, 0) is 44.4 Å². The molecular formula is C16H24N2O2. The van der Waals surface area contributed by atoms with E-state index in [9.17, 15) is 4.79 Å². The summed E-state index contributed by atoms with van der Waals surface area (Å²) in [5.41, 5.74) is 8.39. The van der Waals surface area contributed by atoms with Gasteiger partial charge in [0.1, 0.15) is 0 Å². The van der Waals surface area contributed by atoms with Gasteiger partial charge in [-0.2, -0.15) is 0 Å². The number of esters is 1. The average Bonchev–Trinajstić information content (AvgIpc) is 3.25. The van der Waals surface area contributed by atoms with Gasteiger partial charge in [0, 0.05) is 12.6 Å². The Labute approximate surface area is 120 Å². The molecule has 2 N–H and O–H groups in total. The van der Waals surface area contributed by atoms with E-state index in [1.165, 1.54) is 19.3 Å². The standard InChI is InChI=1S/C16H24N2O2/c1-3-5-10-18(13-7-8-13)15-9-6-12(11-14(15)17)16(19)20-4-2/h6,9,11,13H,3-5,7-8,10,17H2,1-2H3. The summed E-state index contributed by atoms with van der Waals surface area (Å²) in [7, 11) is 0. The van der Waals surface area contributed by atoms with Crippen molar-refractivity contribution in [3.63, 3.8) is 0 Å². The van der Waals surface area contributed by atoms with Gasteiger partial charge >= 0.3 is 5.97 Å². The van der Waals surface area contributed by atoms with E-state index >= 15 is 0 Å². The van der Waals surface area contributed by atoms with E-state index < -0.39 is 0 Å². The van der Waals surface area contributed by atoms with Crippen LogP contribution in [0.15, 0.2) is 18.2 Å². The van der Waals surface area contributed by atoms with E-state index in [1.54, 1.807) is 13.0 Å². The molecule has 1 fully saturated rings. The number of nitrogen functional groups attached to an aromatic ring is 1. The molecule has 4 nitrogen and oxygen atoms in total. The molecule has 20 heavy (non-hydrogen) atoms. The Hall–Kier alpha value is -1.71. The van der Waals surface area contributed by atoms with Gasteiger partial charge in [0.15, 0.2) is 0 Å². The number of nitrogens with zero attached hydrogens (tertiary/aromatic N) is 1. The molecule has 0 bridgehead atoms. The fraction of sp³-hybridized carbons (Fsp3) is 0.562. The van der Waals surface area contributed by atoms with Crippen molar-refractivity contribution in [1.29, 1.82) is 0 Å². The Kier molecular flexibility index (Phi) is 4.88. The summed E-state index contributed by atoms with van der Waals surface area (Å²) < 4.78 is 5.00. The Morgan fingerprint density at radius 2 is 2.15 bits per heavy atom. The summed E-state index contributed by atoms with van der Waals surface area (Å²) in [5.74, 6) is -0.308. The number of rotatable bonds is 7. The first-order valence-electron chi connectivity index (χ1n) is 7.50. The molecular weight excluding hydrogens is 252 g/mol. The number of ether oxygens (including phenoxy) is 1. The van der Waals surface area contributed by atoms with Gasteiger partial charge in [0.25, 0.3) is 0 Å². The molecule has 0 aromatic heterocycles. The molecule has 1 aromatic carbocycles. The molecule has 0 atom stereocenters. The van der Waals surface area contributed by atoms with Crippen molar-refractivity contribution in [1.82, 2.24) is 0 Å². The van der Waals surface area contributed by atoms with Crippen LogP contribution in [-0.4, -0.2) is 25.2 Å². The fourth-order valence-corrected chi connectivity index (χ4v) is 2.37. The quantitative estimate of drug-likeness (QED) is 0.613. The van der Waals surface area contributed by atoms with Crippen molar-refractivity contribution in [3.05, 3.63) is 23.8 Å². The van der Waals surface area contributed by atoms with Gasteiger partial charge in [0.05, 0.1) is 23.5 Å². The summed E-state index contributed by atoms with van der Waals surface area (Å²) in [4.78, 5) is 14.1. The minimum atomic E-state index is -0.308. The summed E-state index contributed by atoms with van der Waals surface area (Å²) in [6, 6.07) is 6.12. The number of carbonyl (C=O) groups excluding carboxylic acids is 1. The van der Waals surface area contributed by atoms with Crippen molar-refractivity contribution >= 4 is 17.3 Å². The predicted octanol–water partition coefficient (Wildman–Crippen LogP) is 3.21. The number of benzene rings is 1. The van der Waals surface area contributed by atoms with Crippen LogP contribution >= 0.6 is 0 Å². The normalized spacial score (nSPS) is 14.1. The van der Waals surface area contributed by atoms with Crippen molar-refractivity contribution in [2.45, 2.75) is 45.6 Å². The van der Waals surface area contributed by atoms with Crippen LogP contribution in [-0.2, 0) is 4.74 Å². The monoisotopic (exact) mass is 276 g/mol. The zero-order valence-electron chi connectivity index (χ0n) is 12.4. The van der Waals surface area contributed by atoms with Crippen LogP contribution in [0.1, 0.15) is 49.9 Å². The van der Waals surface area contributed by atoms with Crippen LogP contribution in [0.25, 0.3) is 0 Å². The second kappa shape index (κ2) is 6.64. The van der Waals surface area contributed by atoms with Crippen LogP contribution in [0, 0.1) is 0 Å². The number of hydrogen-bond donors (Lipinski definition) is 1. The highest BCUT2D eigenvalue weighted by atomic mass is 16.5. The first-order chi connectivity index (χ1) is 9.67. The van der Waals surface area contributed by atoms with Gasteiger partial charge in [-0.1, -0.05) is 13.3 Å². The van der Waals surface area contributed by atoms with Gasteiger partial charge in [-0.15, -0.1) is 0 Å². The SMILES string of the molecule is CCCCN(c1ccc(C(=O)OCC)cc1N)C1CC1. The summed E-state index contributed by atoms with van der Waals surface area (Å²) in [5, 5.41) is 0. The Bertz CT molecular complexity index is 470. The van der Waals surface area contributed by atoms with Crippen LogP contribution < -0.4 is 10.6 Å². The van der Waals surface area contributed by atoms with Crippen LogP contribution in [0.5, 0.6) is 0 Å². The third-order valence-corrected chi connectivity index (χ3v) is 3.59. The maximum Gasteiger partial charge on any atom is 0.338 e. The maximum absolute atomic E-state index is 11.7. The molecule has 0 saturated heterocycles. The highest BCUT2D eigenvalue weighted by molar-refractivity contribution is 5.92. The van der Waals surface area contributed by atoms with E-state index in [1.807, 2.05) is 12.1 Å². The third kappa shape index (κ3) is 3.44. The number of unbranched alkanes of at least 4 members (excludes halogenated alkanes) is 1. The highest BCUT2D eigenvalue weighted by Gasteiger charge is 2.29. The molecule has 1 saturated carbocycles. The molecule has 2 rings (SSSR count). The molecule has 1 aromatic rings. The lowest BCUT2D eigenvalue weighted by molar-refractivity contribution is 0.0526. The lowest BCUT2D eigenvalue weighted by atomic mass is 10.1. The first-order valence-corrected chi connectivity index (χ1v) is 7.50. The number of nitrogens with two attached hydrogens (primary N) is 1. The summed E-state index contributed by atoms with van der Waals surface area (Å²) >= 11 is 0. The topological polar surface area (TPSA) is 55.6 Å². The molecule has 0 amide bonds. The maximum atomic E-state index is 11.7. The summed E-state index contributed by atoms with van der Waals surface area (Å²) in [6.45, 7) is 5.41. The van der Waals surface area contributed by atoms with Crippen molar-refractivity contribution in [2.24, 2.45) is 0 Å². The molecule has 0 heterocycles. The van der Waals surface area contributed by atoms with E-state index in [0.717, 1.165) is 18.7 Å². The second-order valence-corrected chi connectivity index (χ2v) is 5.27. The minimum Gasteiger partial charge on any atom is -0.462 e. The Morgan fingerprint density at radius 3 is 2.70 bits per heavy atom. The van der Waals surface area contributed by atoms with Crippen molar-refractivity contribution < 1.29 is 9.53 Å². The lowest BCUT2D eigenvalue weighted by Crippen LogP contribution is -2.27. The molecule has 0 aliphatic heterocycles. The second-order valence-electron chi connectivity index (χ2n) is 5.27. The first kappa shape index (κ1) is 14.7. The lowest BCUT2D eigenvalue weighted by Gasteiger charge is -2.26. The molecule has 0 spiro atoms. The predicted molar refractivity (Wildman–Crippen MR) is 82.1 cm³/mol. The van der Waals surface area contributed by atoms with Gasteiger partial charge in [0.2, 0.25) is 0 Å². The van der Waals surface area contributed by atoms with E-state index in [-0.39, 0.29) is 5.97 Å².